The summed E-state index contributed by atoms with van der Waals surface area (Å²) in [6.07, 6.45) is 3.53. The number of aromatic nitrogens is 1. The Hall–Kier alpha value is -1.09. The molecule has 0 atom stereocenters. The highest BCUT2D eigenvalue weighted by atomic mass is 16.5. The van der Waals surface area contributed by atoms with E-state index in [1.165, 1.54) is 0 Å². The van der Waals surface area contributed by atoms with E-state index < -0.39 is 0 Å². The van der Waals surface area contributed by atoms with Gasteiger partial charge in [-0.05, 0) is 18.5 Å². The maximum Gasteiger partial charge on any atom is 0.141 e. The van der Waals surface area contributed by atoms with E-state index in [1.807, 2.05) is 6.07 Å². The first-order chi connectivity index (χ1) is 6.74. The second-order valence-electron chi connectivity index (χ2n) is 3.71. The van der Waals surface area contributed by atoms with Gasteiger partial charge in [-0.1, -0.05) is 13.8 Å². The molecule has 0 aliphatic heterocycles. The molecular formula is C11H18N2O. The first kappa shape index (κ1) is 11.0. The number of rotatable bonds is 5. The van der Waals surface area contributed by atoms with Crippen molar-refractivity contribution in [2.75, 3.05) is 13.7 Å². The highest BCUT2D eigenvalue weighted by molar-refractivity contribution is 5.29. The topological polar surface area (TPSA) is 34.1 Å². The Morgan fingerprint density at radius 3 is 2.93 bits per heavy atom. The zero-order valence-electron chi connectivity index (χ0n) is 9.08. The largest absolute Gasteiger partial charge is 0.495 e. The summed E-state index contributed by atoms with van der Waals surface area (Å²) < 4.78 is 5.20. The Morgan fingerprint density at radius 1 is 1.50 bits per heavy atom. The van der Waals surface area contributed by atoms with Crippen LogP contribution < -0.4 is 10.1 Å². The molecule has 0 aromatic carbocycles. The molecule has 0 radical (unpaired) electrons. The maximum absolute atomic E-state index is 5.20. The second-order valence-corrected chi connectivity index (χ2v) is 3.71. The Morgan fingerprint density at radius 2 is 2.29 bits per heavy atom. The van der Waals surface area contributed by atoms with Crippen LogP contribution in [-0.4, -0.2) is 18.6 Å². The highest BCUT2D eigenvalue weighted by Gasteiger charge is 2.01. The average molecular weight is 194 g/mol. The minimum absolute atomic E-state index is 0.669. The molecule has 0 spiro atoms. The predicted molar refractivity (Wildman–Crippen MR) is 57.3 cm³/mol. The molecule has 1 aromatic heterocycles. The van der Waals surface area contributed by atoms with Crippen molar-refractivity contribution in [3.8, 4) is 5.75 Å². The lowest BCUT2D eigenvalue weighted by atomic mass is 10.2. The van der Waals surface area contributed by atoms with E-state index in [9.17, 15) is 0 Å². The lowest BCUT2D eigenvalue weighted by molar-refractivity contribution is 0.404. The van der Waals surface area contributed by atoms with E-state index >= 15 is 0 Å². The van der Waals surface area contributed by atoms with Crippen LogP contribution in [0.4, 0.5) is 0 Å². The minimum Gasteiger partial charge on any atom is -0.495 e. The van der Waals surface area contributed by atoms with E-state index in [4.69, 9.17) is 4.74 Å². The van der Waals surface area contributed by atoms with Gasteiger partial charge in [-0.2, -0.15) is 0 Å². The van der Waals surface area contributed by atoms with Crippen molar-refractivity contribution in [1.29, 1.82) is 0 Å². The van der Waals surface area contributed by atoms with Crippen LogP contribution in [0.5, 0.6) is 5.75 Å². The molecule has 14 heavy (non-hydrogen) atoms. The van der Waals surface area contributed by atoms with Crippen molar-refractivity contribution in [2.45, 2.75) is 20.4 Å². The van der Waals surface area contributed by atoms with Crippen LogP contribution in [0.15, 0.2) is 18.5 Å². The van der Waals surface area contributed by atoms with Gasteiger partial charge in [-0.25, -0.2) is 0 Å². The van der Waals surface area contributed by atoms with E-state index in [0.29, 0.717) is 5.92 Å². The fourth-order valence-electron chi connectivity index (χ4n) is 1.23. The van der Waals surface area contributed by atoms with Crippen LogP contribution in [0.25, 0.3) is 0 Å². The van der Waals surface area contributed by atoms with Crippen LogP contribution >= 0.6 is 0 Å². The molecule has 1 N–H and O–H groups in total. The molecule has 1 heterocycles. The van der Waals surface area contributed by atoms with Crippen molar-refractivity contribution in [2.24, 2.45) is 5.92 Å². The zero-order chi connectivity index (χ0) is 10.4. The highest BCUT2D eigenvalue weighted by Crippen LogP contribution is 2.14. The standard InChI is InChI=1S/C11H18N2O/c1-9(2)6-13-7-10-4-5-12-8-11(10)14-3/h4-5,8-9,13H,6-7H2,1-3H3. The lowest BCUT2D eigenvalue weighted by Gasteiger charge is -2.10. The van der Waals surface area contributed by atoms with Gasteiger partial charge < -0.3 is 10.1 Å². The van der Waals surface area contributed by atoms with Crippen molar-refractivity contribution >= 4 is 0 Å². The summed E-state index contributed by atoms with van der Waals surface area (Å²) in [6.45, 7) is 6.24. The summed E-state index contributed by atoms with van der Waals surface area (Å²) >= 11 is 0. The molecule has 0 aliphatic carbocycles. The molecule has 0 unspecified atom stereocenters. The van der Waals surface area contributed by atoms with Crippen molar-refractivity contribution in [3.05, 3.63) is 24.0 Å². The fraction of sp³-hybridized carbons (Fsp3) is 0.545. The lowest BCUT2D eigenvalue weighted by Crippen LogP contribution is -2.19. The Labute approximate surface area is 85.5 Å². The van der Waals surface area contributed by atoms with Gasteiger partial charge in [0.05, 0.1) is 13.3 Å². The van der Waals surface area contributed by atoms with E-state index in [-0.39, 0.29) is 0 Å². The second kappa shape index (κ2) is 5.60. The van der Waals surface area contributed by atoms with Gasteiger partial charge in [0.25, 0.3) is 0 Å². The van der Waals surface area contributed by atoms with Crippen LogP contribution in [0.1, 0.15) is 19.4 Å². The fourth-order valence-corrected chi connectivity index (χ4v) is 1.23. The molecule has 3 nitrogen and oxygen atoms in total. The number of hydrogen-bond donors (Lipinski definition) is 1. The average Bonchev–Trinajstić information content (AvgIpc) is 2.18. The van der Waals surface area contributed by atoms with Crippen molar-refractivity contribution < 1.29 is 4.74 Å². The third-order valence-corrected chi connectivity index (χ3v) is 1.96. The van der Waals surface area contributed by atoms with Gasteiger partial charge in [0, 0.05) is 18.3 Å². The van der Waals surface area contributed by atoms with Crippen molar-refractivity contribution in [1.82, 2.24) is 10.3 Å². The SMILES string of the molecule is COc1cnccc1CNCC(C)C. The molecule has 0 bridgehead atoms. The number of nitrogens with one attached hydrogen (secondary N) is 1. The van der Waals surface area contributed by atoms with Crippen LogP contribution in [0, 0.1) is 5.92 Å². The van der Waals surface area contributed by atoms with Crippen molar-refractivity contribution in [3.63, 3.8) is 0 Å². The van der Waals surface area contributed by atoms with Gasteiger partial charge in [0.1, 0.15) is 5.75 Å². The smallest absolute Gasteiger partial charge is 0.141 e. The van der Waals surface area contributed by atoms with Gasteiger partial charge in [-0.3, -0.25) is 4.98 Å². The normalized spacial score (nSPS) is 10.6. The van der Waals surface area contributed by atoms with E-state index in [2.05, 4.69) is 24.1 Å². The quantitative estimate of drug-likeness (QED) is 0.776. The summed E-state index contributed by atoms with van der Waals surface area (Å²) in [7, 11) is 1.67. The first-order valence-corrected chi connectivity index (χ1v) is 4.91. The van der Waals surface area contributed by atoms with Gasteiger partial charge in [0.15, 0.2) is 0 Å². The molecular weight excluding hydrogens is 176 g/mol. The third-order valence-electron chi connectivity index (χ3n) is 1.96. The molecule has 0 saturated heterocycles. The Balaban J connectivity index is 2.49. The number of nitrogens with zero attached hydrogens (tertiary/aromatic N) is 1. The van der Waals surface area contributed by atoms with Crippen LogP contribution in [-0.2, 0) is 6.54 Å². The molecule has 0 saturated carbocycles. The minimum atomic E-state index is 0.669. The Bertz CT molecular complexity index is 274. The van der Waals surface area contributed by atoms with E-state index in [1.54, 1.807) is 19.5 Å². The summed E-state index contributed by atoms with van der Waals surface area (Å²) in [6, 6.07) is 1.98. The summed E-state index contributed by atoms with van der Waals surface area (Å²) in [5.74, 6) is 1.52. The van der Waals surface area contributed by atoms with Crippen LogP contribution in [0.2, 0.25) is 0 Å². The summed E-state index contributed by atoms with van der Waals surface area (Å²) in [5.41, 5.74) is 1.16. The summed E-state index contributed by atoms with van der Waals surface area (Å²) in [4.78, 5) is 4.01. The van der Waals surface area contributed by atoms with Gasteiger partial charge >= 0.3 is 0 Å². The zero-order valence-corrected chi connectivity index (χ0v) is 9.08. The van der Waals surface area contributed by atoms with Gasteiger partial charge in [0.2, 0.25) is 0 Å². The predicted octanol–water partition coefficient (Wildman–Crippen LogP) is 1.84. The molecule has 0 aliphatic rings. The third kappa shape index (κ3) is 3.34. The number of methoxy groups -OCH3 is 1. The first-order valence-electron chi connectivity index (χ1n) is 4.91. The van der Waals surface area contributed by atoms with E-state index in [0.717, 1.165) is 24.4 Å². The maximum atomic E-state index is 5.20. The van der Waals surface area contributed by atoms with Crippen LogP contribution in [0.3, 0.4) is 0 Å². The monoisotopic (exact) mass is 194 g/mol. The van der Waals surface area contributed by atoms with Gasteiger partial charge in [-0.15, -0.1) is 0 Å². The molecule has 0 amide bonds. The number of ether oxygens (including phenoxy) is 1. The number of pyridine rings is 1. The number of hydrogen-bond acceptors (Lipinski definition) is 3. The molecule has 1 aromatic rings. The summed E-state index contributed by atoms with van der Waals surface area (Å²) in [5, 5.41) is 3.37. The molecule has 78 valence electrons. The Kier molecular flexibility index (Phi) is 4.40. The molecule has 1 rings (SSSR count). The molecule has 0 fully saturated rings. The molecule has 3 heteroatoms.